The number of nitrogens with zero attached hydrogens (tertiary/aromatic N) is 4. The molecule has 11 heteroatoms. The molecule has 0 aliphatic carbocycles. The summed E-state index contributed by atoms with van der Waals surface area (Å²) in [6.45, 7) is 8.12. The maximum atomic E-state index is 14.9. The molecule has 3 heterocycles. The van der Waals surface area contributed by atoms with Gasteiger partial charge in [-0.1, -0.05) is 38.5 Å². The van der Waals surface area contributed by atoms with E-state index in [9.17, 15) is 14.3 Å². The van der Waals surface area contributed by atoms with Crippen LogP contribution in [0, 0.1) is 12.7 Å². The molecule has 39 heavy (non-hydrogen) atoms. The first-order chi connectivity index (χ1) is 18.6. The Labute approximate surface area is 224 Å². The first kappa shape index (κ1) is 25.9. The molecule has 2 aromatic heterocycles. The molecule has 0 fully saturated rings. The molecular formula is C28H28FN7O3. The Hall–Kier alpha value is -4.77. The van der Waals surface area contributed by atoms with E-state index in [4.69, 9.17) is 9.84 Å². The third kappa shape index (κ3) is 5.73. The molecule has 2 aromatic carbocycles. The molecule has 1 unspecified atom stereocenters. The van der Waals surface area contributed by atoms with Crippen molar-refractivity contribution < 1.29 is 19.0 Å². The van der Waals surface area contributed by atoms with Crippen LogP contribution in [-0.4, -0.2) is 38.3 Å². The van der Waals surface area contributed by atoms with Crippen LogP contribution in [0.2, 0.25) is 0 Å². The van der Waals surface area contributed by atoms with Gasteiger partial charge in [-0.3, -0.25) is 5.32 Å². The Morgan fingerprint density at radius 2 is 1.85 bits per heavy atom. The van der Waals surface area contributed by atoms with Crippen LogP contribution in [0.15, 0.2) is 65.8 Å². The van der Waals surface area contributed by atoms with Gasteiger partial charge in [0.2, 0.25) is 0 Å². The standard InChI is InChI=1S/C28H28FN7O3/c1-16-5-8-18(9-6-16)36-23(14-22(35-36)28(2,3)4)33-27(38)32-17-7-10-20(19(29)13-17)39-21-11-12-30-26-25(21)31-15-24(37)34-26/h5-15,24,37H,1-4H3,(H,30,34)(H2,32,33,38). The van der Waals surface area contributed by atoms with Crippen LogP contribution in [0.4, 0.5) is 32.2 Å². The van der Waals surface area contributed by atoms with Crippen molar-refractivity contribution in [2.24, 2.45) is 4.99 Å². The molecule has 0 saturated carbocycles. The van der Waals surface area contributed by atoms with E-state index in [0.29, 0.717) is 17.3 Å². The molecule has 0 bridgehead atoms. The number of fused-ring (bicyclic) bond motifs is 1. The minimum atomic E-state index is -0.968. The van der Waals surface area contributed by atoms with Gasteiger partial charge in [-0.05, 0) is 31.2 Å². The van der Waals surface area contributed by atoms with Crippen LogP contribution >= 0.6 is 0 Å². The van der Waals surface area contributed by atoms with Gasteiger partial charge in [0.05, 0.1) is 17.6 Å². The Balaban J connectivity index is 1.32. The number of pyridine rings is 1. The van der Waals surface area contributed by atoms with Crippen LogP contribution in [-0.2, 0) is 5.41 Å². The van der Waals surface area contributed by atoms with Gasteiger partial charge < -0.3 is 20.5 Å². The number of anilines is 3. The average molecular weight is 530 g/mol. The molecule has 0 spiro atoms. The van der Waals surface area contributed by atoms with Crippen LogP contribution in [0.5, 0.6) is 11.5 Å². The highest BCUT2D eigenvalue weighted by atomic mass is 19.1. The number of ether oxygens (including phenoxy) is 1. The second kappa shape index (κ2) is 10.2. The van der Waals surface area contributed by atoms with E-state index >= 15 is 0 Å². The summed E-state index contributed by atoms with van der Waals surface area (Å²) in [6, 6.07) is 14.7. The number of urea groups is 1. The van der Waals surface area contributed by atoms with Crippen molar-refractivity contribution in [1.29, 1.82) is 0 Å². The quantitative estimate of drug-likeness (QED) is 0.255. The number of amides is 2. The van der Waals surface area contributed by atoms with Gasteiger partial charge in [-0.2, -0.15) is 5.10 Å². The smallest absolute Gasteiger partial charge is 0.324 e. The number of aliphatic hydroxyl groups is 1. The zero-order chi connectivity index (χ0) is 27.7. The monoisotopic (exact) mass is 529 g/mol. The van der Waals surface area contributed by atoms with Crippen LogP contribution in [0.3, 0.4) is 0 Å². The van der Waals surface area contributed by atoms with Crippen molar-refractivity contribution in [3.8, 4) is 17.2 Å². The summed E-state index contributed by atoms with van der Waals surface area (Å²) in [5.74, 6) is 0.293. The van der Waals surface area contributed by atoms with Crippen molar-refractivity contribution in [2.45, 2.75) is 39.3 Å². The zero-order valence-electron chi connectivity index (χ0n) is 21.9. The zero-order valence-corrected chi connectivity index (χ0v) is 21.9. The highest BCUT2D eigenvalue weighted by Crippen LogP contribution is 2.39. The summed E-state index contributed by atoms with van der Waals surface area (Å²) in [6.07, 6.45) is 1.77. The maximum absolute atomic E-state index is 14.9. The van der Waals surface area contributed by atoms with E-state index in [1.165, 1.54) is 30.6 Å². The van der Waals surface area contributed by atoms with Gasteiger partial charge in [0.15, 0.2) is 29.4 Å². The van der Waals surface area contributed by atoms with Gasteiger partial charge in [0.1, 0.15) is 11.5 Å². The lowest BCUT2D eigenvalue weighted by Crippen LogP contribution is -2.23. The Bertz CT molecular complexity index is 1560. The first-order valence-electron chi connectivity index (χ1n) is 12.3. The number of hydrogen-bond acceptors (Lipinski definition) is 7. The number of aromatic nitrogens is 3. The summed E-state index contributed by atoms with van der Waals surface area (Å²) in [5.41, 5.74) is 3.04. The van der Waals surface area contributed by atoms with E-state index < -0.39 is 18.1 Å². The second-order valence-corrected chi connectivity index (χ2v) is 10.1. The van der Waals surface area contributed by atoms with Crippen molar-refractivity contribution in [2.75, 3.05) is 16.0 Å². The van der Waals surface area contributed by atoms with Crippen molar-refractivity contribution >= 4 is 35.3 Å². The first-order valence-corrected chi connectivity index (χ1v) is 12.3. The molecule has 1 atom stereocenters. The Morgan fingerprint density at radius 3 is 2.56 bits per heavy atom. The van der Waals surface area contributed by atoms with E-state index in [1.54, 1.807) is 4.68 Å². The van der Waals surface area contributed by atoms with Crippen molar-refractivity contribution in [3.05, 3.63) is 77.9 Å². The largest absolute Gasteiger partial charge is 0.452 e. The number of carbonyl (C=O) groups is 1. The number of aryl methyl sites for hydroxylation is 1. The summed E-state index contributed by atoms with van der Waals surface area (Å²) >= 11 is 0. The predicted molar refractivity (Wildman–Crippen MR) is 148 cm³/mol. The van der Waals surface area contributed by atoms with E-state index in [-0.39, 0.29) is 22.6 Å². The van der Waals surface area contributed by atoms with Crippen LogP contribution in [0.1, 0.15) is 32.0 Å². The third-order valence-corrected chi connectivity index (χ3v) is 5.92. The highest BCUT2D eigenvalue weighted by molar-refractivity contribution is 5.99. The number of carbonyl (C=O) groups excluding carboxylic acids is 1. The molecule has 1 aliphatic heterocycles. The minimum Gasteiger partial charge on any atom is -0.452 e. The van der Waals surface area contributed by atoms with Gasteiger partial charge in [-0.25, -0.2) is 23.8 Å². The molecule has 0 saturated heterocycles. The van der Waals surface area contributed by atoms with E-state index in [1.807, 2.05) is 58.0 Å². The highest BCUT2D eigenvalue weighted by Gasteiger charge is 2.22. The number of nitrogens with one attached hydrogen (secondary N) is 3. The molecule has 10 nitrogen and oxygen atoms in total. The molecule has 4 aromatic rings. The normalized spacial score (nSPS) is 14.4. The summed E-state index contributed by atoms with van der Waals surface area (Å²) in [4.78, 5) is 21.1. The van der Waals surface area contributed by atoms with Crippen LogP contribution < -0.4 is 20.7 Å². The second-order valence-electron chi connectivity index (χ2n) is 10.1. The van der Waals surface area contributed by atoms with E-state index in [2.05, 4.69) is 25.9 Å². The van der Waals surface area contributed by atoms with Gasteiger partial charge in [0.25, 0.3) is 0 Å². The third-order valence-electron chi connectivity index (χ3n) is 5.92. The number of benzene rings is 2. The Morgan fingerprint density at radius 1 is 1.08 bits per heavy atom. The summed E-state index contributed by atoms with van der Waals surface area (Å²) < 4.78 is 22.3. The molecule has 2 amide bonds. The SMILES string of the molecule is Cc1ccc(-n2nc(C(C)(C)C)cc2NC(=O)Nc2ccc(Oc3ccnc4c3N=CC(O)N4)c(F)c2)cc1. The Kier molecular flexibility index (Phi) is 6.75. The molecule has 4 N–H and O–H groups in total. The summed E-state index contributed by atoms with van der Waals surface area (Å²) in [7, 11) is 0. The molecule has 1 aliphatic rings. The molecular weight excluding hydrogens is 501 g/mol. The summed E-state index contributed by atoms with van der Waals surface area (Å²) in [5, 5.41) is 22.6. The van der Waals surface area contributed by atoms with Gasteiger partial charge >= 0.3 is 6.03 Å². The molecule has 0 radical (unpaired) electrons. The number of aliphatic imine (C=N–C) groups is 1. The minimum absolute atomic E-state index is 0.0667. The maximum Gasteiger partial charge on any atom is 0.324 e. The fourth-order valence-corrected chi connectivity index (χ4v) is 3.85. The van der Waals surface area contributed by atoms with Crippen LogP contribution in [0.25, 0.3) is 5.69 Å². The predicted octanol–water partition coefficient (Wildman–Crippen LogP) is 5.89. The molecule has 5 rings (SSSR count). The number of rotatable bonds is 5. The number of aliphatic hydroxyl groups excluding tert-OH is 1. The lowest BCUT2D eigenvalue weighted by molar-refractivity contribution is 0.262. The van der Waals surface area contributed by atoms with Crippen molar-refractivity contribution in [1.82, 2.24) is 14.8 Å². The molecule has 200 valence electrons. The lowest BCUT2D eigenvalue weighted by atomic mass is 9.92. The number of hydrogen-bond donors (Lipinski definition) is 4. The van der Waals surface area contributed by atoms with E-state index in [0.717, 1.165) is 23.0 Å². The average Bonchev–Trinajstić information content (AvgIpc) is 3.30. The number of halogens is 1. The topological polar surface area (TPSA) is 126 Å². The fraction of sp³-hybridized carbons (Fsp3) is 0.214. The van der Waals surface area contributed by atoms with Crippen molar-refractivity contribution in [3.63, 3.8) is 0 Å². The van der Waals surface area contributed by atoms with Gasteiger partial charge in [0, 0.05) is 35.5 Å². The fourth-order valence-electron chi connectivity index (χ4n) is 3.85. The van der Waals surface area contributed by atoms with Gasteiger partial charge in [-0.15, -0.1) is 0 Å². The lowest BCUT2D eigenvalue weighted by Gasteiger charge is -2.18.